The highest BCUT2D eigenvalue weighted by atomic mass is 16.5. The van der Waals surface area contributed by atoms with Gasteiger partial charge in [0.25, 0.3) is 0 Å². The van der Waals surface area contributed by atoms with Crippen molar-refractivity contribution in [2.75, 3.05) is 6.61 Å². The first kappa shape index (κ1) is 21.8. The Balaban J connectivity index is 1.61. The fourth-order valence-electron chi connectivity index (χ4n) is 4.91. The molecule has 0 saturated carbocycles. The molecule has 2 aliphatic heterocycles. The highest BCUT2D eigenvalue weighted by Crippen LogP contribution is 2.34. The average Bonchev–Trinajstić information content (AvgIpc) is 3.51. The zero-order valence-corrected chi connectivity index (χ0v) is 19.2. The number of ether oxygens (including phenoxy) is 1. The lowest BCUT2D eigenvalue weighted by atomic mass is 9.85. The number of nitrogens with zero attached hydrogens (tertiary/aromatic N) is 1. The summed E-state index contributed by atoms with van der Waals surface area (Å²) in [7, 11) is 0. The molecule has 166 valence electrons. The van der Waals surface area contributed by atoms with E-state index in [4.69, 9.17) is 9.73 Å². The fourth-order valence-corrected chi connectivity index (χ4v) is 4.91. The summed E-state index contributed by atoms with van der Waals surface area (Å²) in [4.78, 5) is 8.19. The van der Waals surface area contributed by atoms with Crippen LogP contribution in [0.3, 0.4) is 0 Å². The third-order valence-electron chi connectivity index (χ3n) is 6.54. The Morgan fingerprint density at radius 1 is 1.19 bits per heavy atom. The zero-order valence-electron chi connectivity index (χ0n) is 19.2. The van der Waals surface area contributed by atoms with Crippen LogP contribution in [0.25, 0.3) is 0 Å². The Morgan fingerprint density at radius 3 is 2.90 bits per heavy atom. The van der Waals surface area contributed by atoms with Crippen LogP contribution in [0.1, 0.15) is 83.7 Å². The van der Waals surface area contributed by atoms with Gasteiger partial charge in [0.2, 0.25) is 0 Å². The van der Waals surface area contributed by atoms with Crippen LogP contribution in [-0.4, -0.2) is 23.3 Å². The Kier molecular flexibility index (Phi) is 7.53. The van der Waals surface area contributed by atoms with Crippen molar-refractivity contribution in [3.8, 4) is 0 Å². The van der Waals surface area contributed by atoms with Gasteiger partial charge in [0, 0.05) is 17.8 Å². The summed E-state index contributed by atoms with van der Waals surface area (Å²) >= 11 is 0. The highest BCUT2D eigenvalue weighted by molar-refractivity contribution is 6.10. The second-order valence-corrected chi connectivity index (χ2v) is 8.90. The Hall–Kier alpha value is -2.45. The second-order valence-electron chi connectivity index (χ2n) is 8.90. The molecular formula is C27H37N3O. The number of aromatic amines is 1. The Morgan fingerprint density at radius 2 is 2.10 bits per heavy atom. The molecule has 4 heteroatoms. The molecular weight excluding hydrogens is 382 g/mol. The van der Waals surface area contributed by atoms with Crippen molar-refractivity contribution in [1.29, 1.82) is 0 Å². The minimum Gasteiger partial charge on any atom is -0.492 e. The van der Waals surface area contributed by atoms with Crippen LogP contribution in [0, 0.1) is 5.92 Å². The van der Waals surface area contributed by atoms with Gasteiger partial charge in [-0.25, -0.2) is 4.99 Å². The molecule has 1 aromatic heterocycles. The summed E-state index contributed by atoms with van der Waals surface area (Å²) in [6, 6.07) is 4.23. The van der Waals surface area contributed by atoms with Gasteiger partial charge in [-0.3, -0.25) is 0 Å². The van der Waals surface area contributed by atoms with Gasteiger partial charge in [0.15, 0.2) is 0 Å². The first-order valence-electron chi connectivity index (χ1n) is 12.3. The van der Waals surface area contributed by atoms with Gasteiger partial charge in [-0.05, 0) is 56.7 Å². The summed E-state index contributed by atoms with van der Waals surface area (Å²) in [5.41, 5.74) is 9.44. The SMILES string of the molecule is CCCCCC1CCCCCCC2=C=C1C(/C=C1/N=C(c3ccc[nH]3)C=C1OCC)N2. The number of nitrogens with one attached hydrogen (secondary N) is 2. The summed E-state index contributed by atoms with van der Waals surface area (Å²) in [5.74, 6) is 1.48. The topological polar surface area (TPSA) is 49.4 Å². The van der Waals surface area contributed by atoms with E-state index in [0.717, 1.165) is 29.3 Å². The summed E-state index contributed by atoms with van der Waals surface area (Å²) in [5, 5.41) is 3.78. The second kappa shape index (κ2) is 10.7. The van der Waals surface area contributed by atoms with Gasteiger partial charge in [-0.15, -0.1) is 0 Å². The molecule has 0 spiro atoms. The summed E-state index contributed by atoms with van der Waals surface area (Å²) in [6.45, 7) is 4.96. The number of hydrogen-bond donors (Lipinski definition) is 2. The van der Waals surface area contributed by atoms with Crippen LogP contribution in [-0.2, 0) is 4.74 Å². The van der Waals surface area contributed by atoms with Crippen molar-refractivity contribution < 1.29 is 4.74 Å². The van der Waals surface area contributed by atoms with Crippen LogP contribution in [0.2, 0.25) is 0 Å². The quantitative estimate of drug-likeness (QED) is 0.370. The van der Waals surface area contributed by atoms with Crippen molar-refractivity contribution in [3.05, 3.63) is 64.6 Å². The molecule has 4 nitrogen and oxygen atoms in total. The van der Waals surface area contributed by atoms with E-state index >= 15 is 0 Å². The fraction of sp³-hybridized carbons (Fsp3) is 0.556. The van der Waals surface area contributed by atoms with Crippen molar-refractivity contribution >= 4 is 5.71 Å². The number of allylic oxidation sites excluding steroid dienone is 1. The number of unbranched alkanes of at least 4 members (excludes halogenated alkanes) is 2. The molecule has 1 aromatic rings. The molecule has 0 aromatic carbocycles. The molecule has 3 heterocycles. The molecule has 0 radical (unpaired) electrons. The van der Waals surface area contributed by atoms with E-state index in [0.29, 0.717) is 12.5 Å². The molecule has 1 aliphatic carbocycles. The standard InChI is InChI=1S/C27H37N3O/c1-3-5-8-12-20-13-9-6-7-10-14-21-17-22(20)24(29-21)18-26-27(31-4-2)19-25(30-26)23-15-11-16-28-23/h11,15-16,18-20,24,28-29H,3-10,12-14H2,1-2H3/b26-18+. The number of aliphatic imine (C=N–C) groups is 1. The zero-order chi connectivity index (χ0) is 21.5. The van der Waals surface area contributed by atoms with E-state index in [1.165, 1.54) is 69.1 Å². The molecule has 2 N–H and O–H groups in total. The van der Waals surface area contributed by atoms with E-state index in [1.807, 2.05) is 19.2 Å². The van der Waals surface area contributed by atoms with Crippen LogP contribution < -0.4 is 5.32 Å². The van der Waals surface area contributed by atoms with E-state index < -0.39 is 0 Å². The van der Waals surface area contributed by atoms with Crippen LogP contribution >= 0.6 is 0 Å². The van der Waals surface area contributed by atoms with Crippen LogP contribution in [0.4, 0.5) is 0 Å². The molecule has 2 atom stereocenters. The minimum atomic E-state index is 0.172. The van der Waals surface area contributed by atoms with Gasteiger partial charge >= 0.3 is 0 Å². The van der Waals surface area contributed by atoms with E-state index in [2.05, 4.69) is 41.2 Å². The summed E-state index contributed by atoms with van der Waals surface area (Å²) in [6.07, 6.45) is 19.1. The van der Waals surface area contributed by atoms with Crippen molar-refractivity contribution in [2.45, 2.75) is 84.1 Å². The third kappa shape index (κ3) is 5.43. The van der Waals surface area contributed by atoms with Gasteiger partial charge in [0.05, 0.1) is 29.8 Å². The predicted molar refractivity (Wildman–Crippen MR) is 128 cm³/mol. The minimum absolute atomic E-state index is 0.172. The van der Waals surface area contributed by atoms with Crippen LogP contribution in [0.15, 0.2) is 63.9 Å². The number of aromatic nitrogens is 1. The van der Waals surface area contributed by atoms with Gasteiger partial charge in [0.1, 0.15) is 11.5 Å². The monoisotopic (exact) mass is 419 g/mol. The van der Waals surface area contributed by atoms with Crippen LogP contribution in [0.5, 0.6) is 0 Å². The number of rotatable bonds is 8. The molecule has 31 heavy (non-hydrogen) atoms. The predicted octanol–water partition coefficient (Wildman–Crippen LogP) is 6.55. The maximum Gasteiger partial charge on any atom is 0.146 e. The molecule has 2 bridgehead atoms. The largest absolute Gasteiger partial charge is 0.492 e. The van der Waals surface area contributed by atoms with E-state index in [1.54, 1.807) is 0 Å². The van der Waals surface area contributed by atoms with E-state index in [-0.39, 0.29) is 6.04 Å². The lowest BCUT2D eigenvalue weighted by molar-refractivity contribution is 0.238. The lowest BCUT2D eigenvalue weighted by Gasteiger charge is -2.22. The van der Waals surface area contributed by atoms with Gasteiger partial charge in [-0.2, -0.15) is 0 Å². The lowest BCUT2D eigenvalue weighted by Crippen LogP contribution is -2.27. The normalized spacial score (nSPS) is 24.9. The highest BCUT2D eigenvalue weighted by Gasteiger charge is 2.28. The number of H-pyrrole nitrogens is 1. The first-order chi connectivity index (χ1) is 15.3. The Bertz CT molecular complexity index is 897. The molecule has 0 saturated heterocycles. The van der Waals surface area contributed by atoms with Gasteiger partial charge in [-0.1, -0.05) is 51.2 Å². The van der Waals surface area contributed by atoms with Gasteiger partial charge < -0.3 is 15.0 Å². The molecule has 4 rings (SSSR count). The van der Waals surface area contributed by atoms with Crippen molar-refractivity contribution in [2.24, 2.45) is 10.9 Å². The van der Waals surface area contributed by atoms with E-state index in [9.17, 15) is 0 Å². The average molecular weight is 420 g/mol. The van der Waals surface area contributed by atoms with Crippen molar-refractivity contribution in [1.82, 2.24) is 10.3 Å². The third-order valence-corrected chi connectivity index (χ3v) is 6.54. The maximum absolute atomic E-state index is 5.96. The molecule has 0 amide bonds. The smallest absolute Gasteiger partial charge is 0.146 e. The molecule has 2 unspecified atom stereocenters. The molecule has 0 fully saturated rings. The summed E-state index contributed by atoms with van der Waals surface area (Å²) < 4.78 is 5.96. The maximum atomic E-state index is 5.96. The number of hydrogen-bond acceptors (Lipinski definition) is 3. The Labute approximate surface area is 187 Å². The first-order valence-corrected chi connectivity index (χ1v) is 12.3. The van der Waals surface area contributed by atoms with Crippen molar-refractivity contribution in [3.63, 3.8) is 0 Å². The molecule has 3 aliphatic rings.